The summed E-state index contributed by atoms with van der Waals surface area (Å²) in [6.45, 7) is 6.21. The fourth-order valence-corrected chi connectivity index (χ4v) is 2.89. The van der Waals surface area contributed by atoms with Gasteiger partial charge in [0, 0.05) is 12.6 Å². The lowest BCUT2D eigenvalue weighted by atomic mass is 9.75. The van der Waals surface area contributed by atoms with Crippen LogP contribution in [-0.4, -0.2) is 24.5 Å². The molecule has 2 aliphatic rings. The lowest BCUT2D eigenvalue weighted by Crippen LogP contribution is -2.29. The average molecular weight is 153 g/mol. The number of nitrogens with zero attached hydrogens (tertiary/aromatic N) is 1. The third-order valence-corrected chi connectivity index (χ3v) is 4.01. The minimum atomic E-state index is 0.922. The Morgan fingerprint density at radius 2 is 1.91 bits per heavy atom. The summed E-state index contributed by atoms with van der Waals surface area (Å²) in [4.78, 5) is 2.56. The molecule has 2 rings (SSSR count). The highest BCUT2D eigenvalue weighted by Crippen LogP contribution is 2.41. The molecule has 4 atom stereocenters. The molecule has 0 spiro atoms. The van der Waals surface area contributed by atoms with E-state index in [4.69, 9.17) is 0 Å². The smallest absolute Gasteiger partial charge is 0.00981 e. The standard InChI is InChI=1S/C10H19N/c1-7-4-10-5-9(8(7)2)6-11(10)3/h7-10H,4-6H2,1-3H3/t7?,8?,9-,10+/m1/s1. The second-order valence-corrected chi connectivity index (χ2v) is 4.66. The Kier molecular flexibility index (Phi) is 1.71. The van der Waals surface area contributed by atoms with Gasteiger partial charge in [-0.3, -0.25) is 0 Å². The molecule has 1 nitrogen and oxygen atoms in total. The molecule has 0 aromatic carbocycles. The van der Waals surface area contributed by atoms with E-state index in [1.165, 1.54) is 19.4 Å². The van der Waals surface area contributed by atoms with Crippen molar-refractivity contribution >= 4 is 0 Å². The summed E-state index contributed by atoms with van der Waals surface area (Å²) in [5, 5.41) is 0. The summed E-state index contributed by atoms with van der Waals surface area (Å²) in [7, 11) is 2.29. The Balaban J connectivity index is 2.12. The van der Waals surface area contributed by atoms with Gasteiger partial charge in [0.15, 0.2) is 0 Å². The molecule has 1 aliphatic heterocycles. The first-order valence-electron chi connectivity index (χ1n) is 4.88. The maximum Gasteiger partial charge on any atom is 0.00981 e. The van der Waals surface area contributed by atoms with Crippen LogP contribution in [0, 0.1) is 17.8 Å². The molecule has 2 fully saturated rings. The van der Waals surface area contributed by atoms with Gasteiger partial charge < -0.3 is 4.90 Å². The minimum absolute atomic E-state index is 0.922. The van der Waals surface area contributed by atoms with Crippen LogP contribution in [0.15, 0.2) is 0 Å². The molecule has 11 heavy (non-hydrogen) atoms. The SMILES string of the molecule is CC1C[C@H]2C[C@H](CN2C)C1C. The first-order chi connectivity index (χ1) is 5.18. The van der Waals surface area contributed by atoms with Crippen molar-refractivity contribution in [1.82, 2.24) is 4.90 Å². The zero-order valence-electron chi connectivity index (χ0n) is 7.88. The maximum absolute atomic E-state index is 2.56. The fourth-order valence-electron chi connectivity index (χ4n) is 2.89. The van der Waals surface area contributed by atoms with E-state index in [1.54, 1.807) is 0 Å². The van der Waals surface area contributed by atoms with Crippen molar-refractivity contribution in [2.75, 3.05) is 13.6 Å². The van der Waals surface area contributed by atoms with Crippen molar-refractivity contribution in [3.63, 3.8) is 0 Å². The predicted molar refractivity (Wildman–Crippen MR) is 47.5 cm³/mol. The molecule has 0 aromatic heterocycles. The zero-order valence-corrected chi connectivity index (χ0v) is 7.88. The highest BCUT2D eigenvalue weighted by atomic mass is 15.2. The molecule has 64 valence electrons. The third-order valence-electron chi connectivity index (χ3n) is 4.01. The molecule has 1 saturated heterocycles. The normalized spacial score (nSPS) is 51.5. The average Bonchev–Trinajstić information content (AvgIpc) is 2.26. The molecular weight excluding hydrogens is 134 g/mol. The molecular formula is C10H19N. The highest BCUT2D eigenvalue weighted by molar-refractivity contribution is 4.93. The van der Waals surface area contributed by atoms with Crippen LogP contribution in [0.1, 0.15) is 26.7 Å². The summed E-state index contributed by atoms with van der Waals surface area (Å²) in [6, 6.07) is 0.922. The Morgan fingerprint density at radius 3 is 2.64 bits per heavy atom. The Morgan fingerprint density at radius 1 is 1.18 bits per heavy atom. The van der Waals surface area contributed by atoms with Gasteiger partial charge in [0.05, 0.1) is 0 Å². The van der Waals surface area contributed by atoms with Gasteiger partial charge in [0.25, 0.3) is 0 Å². The quantitative estimate of drug-likeness (QED) is 0.514. The van der Waals surface area contributed by atoms with Crippen LogP contribution in [0.3, 0.4) is 0 Å². The summed E-state index contributed by atoms with van der Waals surface area (Å²) in [6.07, 6.45) is 2.91. The van der Waals surface area contributed by atoms with Gasteiger partial charge in [-0.25, -0.2) is 0 Å². The molecule has 0 radical (unpaired) electrons. The Hall–Kier alpha value is -0.0400. The number of fused-ring (bicyclic) bond motifs is 2. The second kappa shape index (κ2) is 2.48. The molecule has 2 unspecified atom stereocenters. The van der Waals surface area contributed by atoms with E-state index in [0.717, 1.165) is 23.8 Å². The van der Waals surface area contributed by atoms with Gasteiger partial charge in [-0.05, 0) is 37.6 Å². The predicted octanol–water partition coefficient (Wildman–Crippen LogP) is 1.98. The number of hydrogen-bond donors (Lipinski definition) is 0. The van der Waals surface area contributed by atoms with Gasteiger partial charge in [-0.15, -0.1) is 0 Å². The van der Waals surface area contributed by atoms with E-state index in [-0.39, 0.29) is 0 Å². The molecule has 0 aromatic rings. The van der Waals surface area contributed by atoms with Gasteiger partial charge >= 0.3 is 0 Å². The number of rotatable bonds is 0. The molecule has 0 amide bonds. The summed E-state index contributed by atoms with van der Waals surface area (Å²) in [5.41, 5.74) is 0. The van der Waals surface area contributed by atoms with E-state index in [9.17, 15) is 0 Å². The lowest BCUT2D eigenvalue weighted by Gasteiger charge is -2.31. The summed E-state index contributed by atoms with van der Waals surface area (Å²) >= 11 is 0. The van der Waals surface area contributed by atoms with E-state index in [0.29, 0.717) is 0 Å². The van der Waals surface area contributed by atoms with Gasteiger partial charge in [-0.1, -0.05) is 13.8 Å². The first kappa shape index (κ1) is 7.60. The fraction of sp³-hybridized carbons (Fsp3) is 1.00. The van der Waals surface area contributed by atoms with Crippen LogP contribution >= 0.6 is 0 Å². The van der Waals surface area contributed by atoms with Gasteiger partial charge in [0.2, 0.25) is 0 Å². The first-order valence-corrected chi connectivity index (χ1v) is 4.88. The molecule has 2 bridgehead atoms. The van der Waals surface area contributed by atoms with Crippen LogP contribution in [0.25, 0.3) is 0 Å². The van der Waals surface area contributed by atoms with Crippen LogP contribution in [0.4, 0.5) is 0 Å². The molecule has 1 heteroatoms. The van der Waals surface area contributed by atoms with Crippen molar-refractivity contribution in [3.8, 4) is 0 Å². The van der Waals surface area contributed by atoms with Crippen LogP contribution in [0.5, 0.6) is 0 Å². The minimum Gasteiger partial charge on any atom is -0.303 e. The van der Waals surface area contributed by atoms with E-state index < -0.39 is 0 Å². The summed E-state index contributed by atoms with van der Waals surface area (Å²) < 4.78 is 0. The molecule has 0 N–H and O–H groups in total. The van der Waals surface area contributed by atoms with Gasteiger partial charge in [-0.2, -0.15) is 0 Å². The van der Waals surface area contributed by atoms with Crippen molar-refractivity contribution in [1.29, 1.82) is 0 Å². The monoisotopic (exact) mass is 153 g/mol. The second-order valence-electron chi connectivity index (χ2n) is 4.66. The third kappa shape index (κ3) is 1.10. The van der Waals surface area contributed by atoms with Crippen molar-refractivity contribution < 1.29 is 0 Å². The zero-order chi connectivity index (χ0) is 8.01. The maximum atomic E-state index is 2.56. The van der Waals surface area contributed by atoms with E-state index in [1.807, 2.05) is 0 Å². The van der Waals surface area contributed by atoms with Crippen LogP contribution < -0.4 is 0 Å². The number of likely N-dealkylation sites (tertiary alicyclic amines) is 1. The Bertz CT molecular complexity index is 153. The highest BCUT2D eigenvalue weighted by Gasteiger charge is 2.40. The largest absolute Gasteiger partial charge is 0.303 e. The topological polar surface area (TPSA) is 3.24 Å². The number of hydrogen-bond acceptors (Lipinski definition) is 1. The van der Waals surface area contributed by atoms with Crippen LogP contribution in [-0.2, 0) is 0 Å². The van der Waals surface area contributed by atoms with E-state index in [2.05, 4.69) is 25.8 Å². The molecule has 1 heterocycles. The van der Waals surface area contributed by atoms with Crippen molar-refractivity contribution in [2.24, 2.45) is 17.8 Å². The summed E-state index contributed by atoms with van der Waals surface area (Å²) in [5.74, 6) is 2.94. The van der Waals surface area contributed by atoms with Gasteiger partial charge in [0.1, 0.15) is 0 Å². The van der Waals surface area contributed by atoms with Crippen molar-refractivity contribution in [2.45, 2.75) is 32.7 Å². The molecule has 1 saturated carbocycles. The Labute approximate surface area is 69.8 Å². The van der Waals surface area contributed by atoms with E-state index >= 15 is 0 Å². The lowest BCUT2D eigenvalue weighted by molar-refractivity contribution is 0.201. The van der Waals surface area contributed by atoms with Crippen LogP contribution in [0.2, 0.25) is 0 Å². The molecule has 1 aliphatic carbocycles. The van der Waals surface area contributed by atoms with Crippen molar-refractivity contribution in [3.05, 3.63) is 0 Å².